The van der Waals surface area contributed by atoms with Gasteiger partial charge in [-0.1, -0.05) is 38.1 Å². The zero-order valence-electron chi connectivity index (χ0n) is 14.2. The maximum Gasteiger partial charge on any atom is 0.113 e. The number of nitrogens with zero attached hydrogens (tertiary/aromatic N) is 3. The Bertz CT molecular complexity index is 899. The van der Waals surface area contributed by atoms with Gasteiger partial charge in [0.25, 0.3) is 0 Å². The Morgan fingerprint density at radius 2 is 2.21 bits per heavy atom. The van der Waals surface area contributed by atoms with Crippen LogP contribution in [0.4, 0.5) is 5.69 Å². The first-order valence-electron chi connectivity index (χ1n) is 8.77. The van der Waals surface area contributed by atoms with Crippen molar-refractivity contribution in [1.82, 2.24) is 9.99 Å². The van der Waals surface area contributed by atoms with Crippen LogP contribution in [0.2, 0.25) is 0 Å². The molecule has 4 heteroatoms. The van der Waals surface area contributed by atoms with Gasteiger partial charge in [-0.2, -0.15) is 5.10 Å². The molecule has 1 fully saturated rings. The molecule has 122 valence electrons. The second-order valence-corrected chi connectivity index (χ2v) is 7.83. The molecule has 2 aromatic rings. The number of hydrogen-bond acceptors (Lipinski definition) is 3. The molecule has 6 rings (SSSR count). The lowest BCUT2D eigenvalue weighted by molar-refractivity contribution is -0.00132. The van der Waals surface area contributed by atoms with Crippen molar-refractivity contribution in [3.8, 4) is 0 Å². The van der Waals surface area contributed by atoms with Crippen molar-refractivity contribution in [1.29, 1.82) is 0 Å². The number of aromatic nitrogens is 1. The Kier molecular flexibility index (Phi) is 2.82. The minimum Gasteiger partial charge on any atom is -0.355 e. The number of aliphatic imine (C=N–C) groups is 1. The maximum absolute atomic E-state index is 4.69. The van der Waals surface area contributed by atoms with Crippen LogP contribution < -0.4 is 0 Å². The minimum absolute atomic E-state index is 0.441. The predicted molar refractivity (Wildman–Crippen MR) is 98.6 cm³/mol. The number of allylic oxidation sites excluding steroid dienone is 2. The zero-order chi connectivity index (χ0) is 16.3. The number of para-hydroxylation sites is 1. The summed E-state index contributed by atoms with van der Waals surface area (Å²) in [5.74, 6) is 1.54. The van der Waals surface area contributed by atoms with Gasteiger partial charge in [-0.25, -0.2) is 10.0 Å². The van der Waals surface area contributed by atoms with Gasteiger partial charge in [-0.05, 0) is 41.7 Å². The van der Waals surface area contributed by atoms with Crippen molar-refractivity contribution in [3.05, 3.63) is 41.6 Å². The maximum atomic E-state index is 4.69. The third kappa shape index (κ3) is 1.92. The van der Waals surface area contributed by atoms with Gasteiger partial charge in [0.15, 0.2) is 0 Å². The molecule has 0 radical (unpaired) electrons. The zero-order valence-corrected chi connectivity index (χ0v) is 14.2. The first-order chi connectivity index (χ1) is 11.6. The molecule has 2 unspecified atom stereocenters. The highest BCUT2D eigenvalue weighted by molar-refractivity contribution is 5.95. The van der Waals surface area contributed by atoms with Crippen molar-refractivity contribution in [2.75, 3.05) is 0 Å². The van der Waals surface area contributed by atoms with E-state index in [1.54, 1.807) is 0 Å². The summed E-state index contributed by atoms with van der Waals surface area (Å²) in [6.07, 6.45) is 8.80. The fraction of sp³-hybridized carbons (Fsp3) is 0.400. The van der Waals surface area contributed by atoms with Crippen LogP contribution in [0, 0.1) is 17.3 Å². The lowest BCUT2D eigenvalue weighted by atomic mass is 9.49. The summed E-state index contributed by atoms with van der Waals surface area (Å²) in [7, 11) is 0. The lowest BCUT2D eigenvalue weighted by Crippen LogP contribution is -2.48. The molecule has 3 aliphatic carbocycles. The molecule has 1 N–H and O–H groups in total. The van der Waals surface area contributed by atoms with Gasteiger partial charge in [-0.15, -0.1) is 0 Å². The van der Waals surface area contributed by atoms with Crippen LogP contribution in [0.1, 0.15) is 32.4 Å². The van der Waals surface area contributed by atoms with E-state index in [1.165, 1.54) is 23.8 Å². The first-order valence-corrected chi connectivity index (χ1v) is 8.77. The van der Waals surface area contributed by atoms with Gasteiger partial charge in [0, 0.05) is 10.9 Å². The molecule has 4 aliphatic rings. The predicted octanol–water partition coefficient (Wildman–Crippen LogP) is 4.62. The number of fused-ring (bicyclic) bond motifs is 4. The number of hydrazone groups is 1. The topological polar surface area (TPSA) is 43.8 Å². The Balaban J connectivity index is 1.38. The van der Waals surface area contributed by atoms with Crippen molar-refractivity contribution in [2.45, 2.75) is 33.2 Å². The number of hydrogen-bond donors (Lipinski definition) is 1. The second kappa shape index (κ2) is 4.82. The lowest BCUT2D eigenvalue weighted by Gasteiger charge is -2.55. The van der Waals surface area contributed by atoms with Gasteiger partial charge in [-0.3, -0.25) is 0 Å². The standard InChI is InChI=1S/C20H22N4/c1-20(2)14-8-7-13(16(20)9-14)10-22-24-11-18-19(21-12-24)15-5-3-4-6-17(15)23-18/h3-7,10,12,14,16,23H,8-9,11H2,1-2H3. The molecular weight excluding hydrogens is 296 g/mol. The van der Waals surface area contributed by atoms with Crippen molar-refractivity contribution >= 4 is 29.1 Å². The molecule has 2 atom stereocenters. The molecule has 0 saturated heterocycles. The first kappa shape index (κ1) is 14.0. The quantitative estimate of drug-likeness (QED) is 0.807. The number of nitrogens with one attached hydrogen (secondary N) is 1. The molecule has 2 bridgehead atoms. The van der Waals surface area contributed by atoms with E-state index in [2.05, 4.69) is 59.4 Å². The number of benzene rings is 1. The molecule has 24 heavy (non-hydrogen) atoms. The summed E-state index contributed by atoms with van der Waals surface area (Å²) < 4.78 is 0. The van der Waals surface area contributed by atoms with Crippen molar-refractivity contribution < 1.29 is 0 Å². The van der Waals surface area contributed by atoms with Crippen LogP contribution in [-0.4, -0.2) is 22.5 Å². The summed E-state index contributed by atoms with van der Waals surface area (Å²) in [4.78, 5) is 8.09. The van der Waals surface area contributed by atoms with Crippen LogP contribution in [-0.2, 0) is 6.54 Å². The SMILES string of the molecule is CC1(C)C2CC=C(C=NN3C=Nc4c([nH]c5ccccc45)C3)C1C2. The van der Waals surface area contributed by atoms with Gasteiger partial charge in [0.1, 0.15) is 6.34 Å². The van der Waals surface area contributed by atoms with Crippen molar-refractivity contribution in [2.24, 2.45) is 27.3 Å². The average Bonchev–Trinajstić information content (AvgIpc) is 2.97. The molecular formula is C20H22N4. The van der Waals surface area contributed by atoms with E-state index in [0.717, 1.165) is 29.4 Å². The van der Waals surface area contributed by atoms with Crippen LogP contribution >= 0.6 is 0 Å². The fourth-order valence-electron chi connectivity index (χ4n) is 4.53. The third-order valence-corrected chi connectivity index (χ3v) is 6.26. The average molecular weight is 318 g/mol. The molecule has 0 amide bonds. The van der Waals surface area contributed by atoms with Gasteiger partial charge in [0.2, 0.25) is 0 Å². The molecule has 1 aliphatic heterocycles. The highest BCUT2D eigenvalue weighted by Crippen LogP contribution is 2.58. The highest BCUT2D eigenvalue weighted by Gasteiger charge is 2.50. The molecule has 1 saturated carbocycles. The Morgan fingerprint density at radius 1 is 1.33 bits per heavy atom. The highest BCUT2D eigenvalue weighted by atomic mass is 15.5. The number of aromatic amines is 1. The molecule has 2 heterocycles. The smallest absolute Gasteiger partial charge is 0.113 e. The third-order valence-electron chi connectivity index (χ3n) is 6.26. The summed E-state index contributed by atoms with van der Waals surface area (Å²) in [5, 5.41) is 7.80. The van der Waals surface area contributed by atoms with Gasteiger partial charge in [0.05, 0.1) is 24.1 Å². The largest absolute Gasteiger partial charge is 0.355 e. The van der Waals surface area contributed by atoms with E-state index in [1.807, 2.05) is 17.4 Å². The molecule has 4 nitrogen and oxygen atoms in total. The fourth-order valence-corrected chi connectivity index (χ4v) is 4.53. The summed E-state index contributed by atoms with van der Waals surface area (Å²) in [6.45, 7) is 5.53. The Labute approximate surface area is 142 Å². The van der Waals surface area contributed by atoms with Crippen LogP contribution in [0.3, 0.4) is 0 Å². The minimum atomic E-state index is 0.441. The van der Waals surface area contributed by atoms with E-state index >= 15 is 0 Å². The Hall–Kier alpha value is -2.36. The summed E-state index contributed by atoms with van der Waals surface area (Å²) >= 11 is 0. The molecule has 0 spiro atoms. The van der Waals surface area contributed by atoms with E-state index in [-0.39, 0.29) is 0 Å². The van der Waals surface area contributed by atoms with Gasteiger partial charge < -0.3 is 4.98 Å². The summed E-state index contributed by atoms with van der Waals surface area (Å²) in [5.41, 5.74) is 5.17. The van der Waals surface area contributed by atoms with Gasteiger partial charge >= 0.3 is 0 Å². The summed E-state index contributed by atoms with van der Waals surface area (Å²) in [6, 6.07) is 8.31. The monoisotopic (exact) mass is 318 g/mol. The van der Waals surface area contributed by atoms with Crippen LogP contribution in [0.25, 0.3) is 10.9 Å². The number of H-pyrrole nitrogens is 1. The van der Waals surface area contributed by atoms with Crippen LogP contribution in [0.5, 0.6) is 0 Å². The molecule has 1 aromatic heterocycles. The van der Waals surface area contributed by atoms with Crippen molar-refractivity contribution in [3.63, 3.8) is 0 Å². The van der Waals surface area contributed by atoms with Crippen LogP contribution in [0.15, 0.2) is 46.0 Å². The van der Waals surface area contributed by atoms with E-state index < -0.39 is 0 Å². The Morgan fingerprint density at radius 3 is 3.04 bits per heavy atom. The van der Waals surface area contributed by atoms with E-state index in [0.29, 0.717) is 11.3 Å². The van der Waals surface area contributed by atoms with E-state index in [9.17, 15) is 0 Å². The normalized spacial score (nSPS) is 27.2. The molecule has 1 aromatic carbocycles. The number of rotatable bonds is 2. The van der Waals surface area contributed by atoms with E-state index in [4.69, 9.17) is 0 Å². The second-order valence-electron chi connectivity index (χ2n) is 7.83.